The van der Waals surface area contributed by atoms with Gasteiger partial charge in [0.2, 0.25) is 5.91 Å². The summed E-state index contributed by atoms with van der Waals surface area (Å²) in [4.78, 5) is 13.7. The Labute approximate surface area is 101 Å². The molecule has 1 fully saturated rings. The van der Waals surface area contributed by atoms with Gasteiger partial charge in [0.05, 0.1) is 16.8 Å². The van der Waals surface area contributed by atoms with E-state index in [1.54, 1.807) is 23.1 Å². The molecule has 0 saturated carbocycles. The Morgan fingerprint density at radius 3 is 2.65 bits per heavy atom. The monoisotopic (exact) mass is 229 g/mol. The van der Waals surface area contributed by atoms with E-state index in [0.717, 1.165) is 0 Å². The largest absolute Gasteiger partial charge is 0.325 e. The predicted octanol–water partition coefficient (Wildman–Crippen LogP) is 1.40. The number of carbonyl (C=O) groups is 1. The second-order valence-electron chi connectivity index (χ2n) is 4.82. The zero-order valence-corrected chi connectivity index (χ0v) is 9.97. The van der Waals surface area contributed by atoms with Gasteiger partial charge in [-0.2, -0.15) is 5.26 Å². The summed E-state index contributed by atoms with van der Waals surface area (Å²) in [6, 6.07) is 9.01. The normalized spacial score (nSPS) is 22.6. The van der Waals surface area contributed by atoms with Crippen LogP contribution in [0.3, 0.4) is 0 Å². The summed E-state index contributed by atoms with van der Waals surface area (Å²) in [5.41, 5.74) is 6.68. The first-order chi connectivity index (χ1) is 7.98. The van der Waals surface area contributed by atoms with E-state index < -0.39 is 5.54 Å². The molecule has 2 rings (SSSR count). The van der Waals surface area contributed by atoms with Gasteiger partial charge in [0.25, 0.3) is 0 Å². The van der Waals surface area contributed by atoms with E-state index in [4.69, 9.17) is 11.0 Å². The van der Waals surface area contributed by atoms with Gasteiger partial charge < -0.3 is 10.6 Å². The van der Waals surface area contributed by atoms with E-state index in [-0.39, 0.29) is 11.9 Å². The van der Waals surface area contributed by atoms with Crippen LogP contribution in [0.5, 0.6) is 0 Å². The van der Waals surface area contributed by atoms with Crippen molar-refractivity contribution in [2.75, 3.05) is 4.90 Å². The van der Waals surface area contributed by atoms with Crippen molar-refractivity contribution < 1.29 is 4.79 Å². The van der Waals surface area contributed by atoms with Crippen LogP contribution in [0.1, 0.15) is 25.8 Å². The van der Waals surface area contributed by atoms with Gasteiger partial charge in [-0.25, -0.2) is 0 Å². The minimum Gasteiger partial charge on any atom is -0.325 e. The molecule has 1 aliphatic rings. The summed E-state index contributed by atoms with van der Waals surface area (Å²) in [6.45, 7) is 3.85. The number of nitrogens with zero attached hydrogens (tertiary/aromatic N) is 2. The first-order valence-corrected chi connectivity index (χ1v) is 5.56. The lowest BCUT2D eigenvalue weighted by atomic mass is 9.96. The molecule has 1 amide bonds. The molecule has 4 nitrogen and oxygen atoms in total. The summed E-state index contributed by atoms with van der Waals surface area (Å²) in [5.74, 6) is -0.0230. The van der Waals surface area contributed by atoms with Gasteiger partial charge in [-0.3, -0.25) is 4.79 Å². The SMILES string of the molecule is CC1(C)C(N)CC(=O)N1c1ccccc1C#N. The number of nitriles is 1. The van der Waals surface area contributed by atoms with Crippen molar-refractivity contribution in [1.82, 2.24) is 0 Å². The van der Waals surface area contributed by atoms with Crippen LogP contribution in [0.4, 0.5) is 5.69 Å². The van der Waals surface area contributed by atoms with Crippen molar-refractivity contribution in [1.29, 1.82) is 5.26 Å². The maximum atomic E-state index is 12.0. The third-order valence-electron chi connectivity index (χ3n) is 3.39. The smallest absolute Gasteiger partial charge is 0.229 e. The lowest BCUT2D eigenvalue weighted by Crippen LogP contribution is -2.50. The molecule has 4 heteroatoms. The molecule has 1 saturated heterocycles. The highest BCUT2D eigenvalue weighted by Crippen LogP contribution is 2.35. The minimum atomic E-state index is -0.454. The van der Waals surface area contributed by atoms with Gasteiger partial charge in [0.1, 0.15) is 6.07 Å². The van der Waals surface area contributed by atoms with Crippen molar-refractivity contribution in [3.8, 4) is 6.07 Å². The van der Waals surface area contributed by atoms with Gasteiger partial charge in [-0.05, 0) is 26.0 Å². The molecule has 1 atom stereocenters. The molecule has 0 bridgehead atoms. The van der Waals surface area contributed by atoms with Crippen LogP contribution in [0.2, 0.25) is 0 Å². The topological polar surface area (TPSA) is 70.1 Å². The lowest BCUT2D eigenvalue weighted by molar-refractivity contribution is -0.117. The number of hydrogen-bond donors (Lipinski definition) is 1. The summed E-state index contributed by atoms with van der Waals surface area (Å²) in [7, 11) is 0. The van der Waals surface area contributed by atoms with Crippen molar-refractivity contribution in [2.45, 2.75) is 31.8 Å². The zero-order chi connectivity index (χ0) is 12.6. The van der Waals surface area contributed by atoms with Gasteiger partial charge in [-0.15, -0.1) is 0 Å². The quantitative estimate of drug-likeness (QED) is 0.791. The van der Waals surface area contributed by atoms with E-state index in [1.165, 1.54) is 0 Å². The van der Waals surface area contributed by atoms with Gasteiger partial charge in [-0.1, -0.05) is 12.1 Å². The first-order valence-electron chi connectivity index (χ1n) is 5.56. The molecule has 1 heterocycles. The second kappa shape index (κ2) is 3.86. The van der Waals surface area contributed by atoms with Crippen LogP contribution in [-0.2, 0) is 4.79 Å². The van der Waals surface area contributed by atoms with Gasteiger partial charge in [0.15, 0.2) is 0 Å². The Bertz CT molecular complexity index is 502. The summed E-state index contributed by atoms with van der Waals surface area (Å²) < 4.78 is 0. The standard InChI is InChI=1S/C13H15N3O/c1-13(2)11(15)7-12(17)16(13)10-6-4-3-5-9(10)8-14/h3-6,11H,7,15H2,1-2H3. The van der Waals surface area contributed by atoms with Crippen LogP contribution in [0, 0.1) is 11.3 Å². The summed E-state index contributed by atoms with van der Waals surface area (Å²) in [6.07, 6.45) is 0.326. The Morgan fingerprint density at radius 1 is 1.47 bits per heavy atom. The Kier molecular flexibility index (Phi) is 2.64. The third-order valence-corrected chi connectivity index (χ3v) is 3.39. The van der Waals surface area contributed by atoms with Crippen LogP contribution in [0.25, 0.3) is 0 Å². The van der Waals surface area contributed by atoms with E-state index >= 15 is 0 Å². The maximum absolute atomic E-state index is 12.0. The second-order valence-corrected chi connectivity index (χ2v) is 4.82. The number of benzene rings is 1. The predicted molar refractivity (Wildman–Crippen MR) is 65.3 cm³/mol. The van der Waals surface area contributed by atoms with Crippen LogP contribution in [-0.4, -0.2) is 17.5 Å². The van der Waals surface area contributed by atoms with Crippen molar-refractivity contribution >= 4 is 11.6 Å². The number of para-hydroxylation sites is 1. The first kappa shape index (κ1) is 11.6. The van der Waals surface area contributed by atoms with Crippen molar-refractivity contribution in [2.24, 2.45) is 5.73 Å². The number of amides is 1. The van der Waals surface area contributed by atoms with Crippen LogP contribution < -0.4 is 10.6 Å². The van der Waals surface area contributed by atoms with Gasteiger partial charge >= 0.3 is 0 Å². The fourth-order valence-corrected chi connectivity index (χ4v) is 2.22. The molecule has 0 aromatic heterocycles. The fourth-order valence-electron chi connectivity index (χ4n) is 2.22. The summed E-state index contributed by atoms with van der Waals surface area (Å²) in [5, 5.41) is 9.08. The highest BCUT2D eigenvalue weighted by atomic mass is 16.2. The Hall–Kier alpha value is -1.86. The maximum Gasteiger partial charge on any atom is 0.229 e. The molecule has 1 aliphatic heterocycles. The fraction of sp³-hybridized carbons (Fsp3) is 0.385. The molecule has 1 aromatic carbocycles. The lowest BCUT2D eigenvalue weighted by Gasteiger charge is -2.34. The minimum absolute atomic E-state index is 0.0230. The molecular weight excluding hydrogens is 214 g/mol. The zero-order valence-electron chi connectivity index (χ0n) is 9.97. The van der Waals surface area contributed by atoms with E-state index in [2.05, 4.69) is 6.07 Å². The van der Waals surface area contributed by atoms with Gasteiger partial charge in [0, 0.05) is 12.5 Å². The molecule has 0 aliphatic carbocycles. The Morgan fingerprint density at radius 2 is 2.12 bits per heavy atom. The number of hydrogen-bond acceptors (Lipinski definition) is 3. The molecule has 17 heavy (non-hydrogen) atoms. The average Bonchev–Trinajstić information content (AvgIpc) is 2.48. The molecule has 1 unspecified atom stereocenters. The molecule has 0 spiro atoms. The highest BCUT2D eigenvalue weighted by Gasteiger charge is 2.45. The molecule has 2 N–H and O–H groups in total. The highest BCUT2D eigenvalue weighted by molar-refractivity contribution is 5.99. The average molecular weight is 229 g/mol. The number of anilines is 1. The van der Waals surface area contributed by atoms with E-state index in [9.17, 15) is 4.79 Å². The summed E-state index contributed by atoms with van der Waals surface area (Å²) >= 11 is 0. The molecule has 1 aromatic rings. The van der Waals surface area contributed by atoms with Crippen molar-refractivity contribution in [3.05, 3.63) is 29.8 Å². The van der Waals surface area contributed by atoms with Crippen LogP contribution in [0.15, 0.2) is 24.3 Å². The molecule has 88 valence electrons. The molecular formula is C13H15N3O. The van der Waals surface area contributed by atoms with Crippen LogP contribution >= 0.6 is 0 Å². The van der Waals surface area contributed by atoms with Crippen molar-refractivity contribution in [3.63, 3.8) is 0 Å². The number of nitrogens with two attached hydrogens (primary N) is 1. The third kappa shape index (κ3) is 1.69. The Balaban J connectivity index is 2.54. The molecule has 0 radical (unpaired) electrons. The van der Waals surface area contributed by atoms with E-state index in [1.807, 2.05) is 19.9 Å². The number of carbonyl (C=O) groups excluding carboxylic acids is 1. The number of rotatable bonds is 1. The van der Waals surface area contributed by atoms with E-state index in [0.29, 0.717) is 17.7 Å².